The Hall–Kier alpha value is -4.22. The maximum absolute atomic E-state index is 11.2. The van der Waals surface area contributed by atoms with E-state index in [0.717, 1.165) is 36.4 Å². The van der Waals surface area contributed by atoms with Gasteiger partial charge in [-0.05, 0) is 19.1 Å². The van der Waals surface area contributed by atoms with E-state index in [2.05, 4.69) is 4.74 Å². The number of esters is 1. The van der Waals surface area contributed by atoms with Crippen molar-refractivity contribution in [3.63, 3.8) is 0 Å². The third kappa shape index (κ3) is 5.66. The quantitative estimate of drug-likeness (QED) is 0.385. The number of nitro benzene ring substituents is 2. The lowest BCUT2D eigenvalue weighted by Crippen LogP contribution is -2.05. The van der Waals surface area contributed by atoms with Gasteiger partial charge in [0.15, 0.2) is 0 Å². The molecule has 0 saturated carbocycles. The van der Waals surface area contributed by atoms with Crippen molar-refractivity contribution in [3.8, 4) is 11.5 Å². The highest BCUT2D eigenvalue weighted by molar-refractivity contribution is 5.93. The molecule has 0 bridgehead atoms. The Morgan fingerprint density at radius 2 is 1.36 bits per heavy atom. The molecule has 0 aliphatic carbocycles. The maximum Gasteiger partial charge on any atom is 0.342 e. The fourth-order valence-corrected chi connectivity index (χ4v) is 1.82. The number of phenols is 2. The zero-order valence-corrected chi connectivity index (χ0v) is 14.3. The van der Waals surface area contributed by atoms with Gasteiger partial charge in [0.1, 0.15) is 22.6 Å². The Balaban J connectivity index is 0.000000283. The second-order valence-electron chi connectivity index (χ2n) is 4.94. The molecule has 0 saturated heterocycles. The van der Waals surface area contributed by atoms with Crippen molar-refractivity contribution < 1.29 is 39.5 Å². The van der Waals surface area contributed by atoms with Crippen molar-refractivity contribution in [2.45, 2.75) is 6.92 Å². The second-order valence-corrected chi connectivity index (χ2v) is 4.94. The van der Waals surface area contributed by atoms with Crippen LogP contribution in [0.1, 0.15) is 27.6 Å². The molecule has 12 heteroatoms. The molecule has 0 fully saturated rings. The fourth-order valence-electron chi connectivity index (χ4n) is 1.82. The average Bonchev–Trinajstić information content (AvgIpc) is 2.62. The monoisotopic (exact) mass is 394 g/mol. The molecule has 0 spiro atoms. The summed E-state index contributed by atoms with van der Waals surface area (Å²) >= 11 is 0. The summed E-state index contributed by atoms with van der Waals surface area (Å²) in [7, 11) is 0. The van der Waals surface area contributed by atoms with Crippen molar-refractivity contribution in [3.05, 3.63) is 67.8 Å². The molecule has 0 unspecified atom stereocenters. The number of nitro groups is 2. The maximum atomic E-state index is 11.2. The molecule has 0 aliphatic heterocycles. The van der Waals surface area contributed by atoms with Gasteiger partial charge in [-0.25, -0.2) is 9.59 Å². The van der Waals surface area contributed by atoms with E-state index < -0.39 is 33.1 Å². The molecule has 148 valence electrons. The summed E-state index contributed by atoms with van der Waals surface area (Å²) in [4.78, 5) is 40.9. The molecule has 2 rings (SSSR count). The number of hydrogen-bond donors (Lipinski definition) is 3. The van der Waals surface area contributed by atoms with Gasteiger partial charge in [-0.1, -0.05) is 0 Å². The number of aromatic carboxylic acids is 1. The molecule has 0 atom stereocenters. The number of non-ortho nitro benzene ring substituents is 2. The lowest BCUT2D eigenvalue weighted by Gasteiger charge is -2.03. The average molecular weight is 394 g/mol. The molecule has 0 aromatic heterocycles. The van der Waals surface area contributed by atoms with Crippen molar-refractivity contribution in [1.29, 1.82) is 0 Å². The van der Waals surface area contributed by atoms with Gasteiger partial charge in [0.25, 0.3) is 11.4 Å². The number of carbonyl (C=O) groups is 2. The van der Waals surface area contributed by atoms with Crippen LogP contribution in [0.4, 0.5) is 11.4 Å². The zero-order chi connectivity index (χ0) is 21.4. The standard InChI is InChI=1S/C9H9NO5.C7H5NO5/c1-2-15-9(12)7-5-6(10(13)14)3-4-8(7)11;9-6-2-1-4(8(12)13)3-5(6)7(10)11/h3-5,11H,2H2,1H3;1-3,9H,(H,10,11). The number of carboxylic acid groups (broad SMARTS) is 1. The van der Waals surface area contributed by atoms with Crippen LogP contribution in [0.25, 0.3) is 0 Å². The van der Waals surface area contributed by atoms with Crippen LogP contribution in [0.3, 0.4) is 0 Å². The number of aromatic hydroxyl groups is 2. The predicted molar refractivity (Wildman–Crippen MR) is 92.4 cm³/mol. The molecule has 0 radical (unpaired) electrons. The van der Waals surface area contributed by atoms with E-state index in [1.165, 1.54) is 0 Å². The summed E-state index contributed by atoms with van der Waals surface area (Å²) < 4.78 is 4.62. The number of rotatable bonds is 5. The van der Waals surface area contributed by atoms with Crippen LogP contribution in [0.5, 0.6) is 11.5 Å². The summed E-state index contributed by atoms with van der Waals surface area (Å²) in [5, 5.41) is 47.4. The van der Waals surface area contributed by atoms with E-state index >= 15 is 0 Å². The van der Waals surface area contributed by atoms with Crippen LogP contribution in [0, 0.1) is 20.2 Å². The number of ether oxygens (including phenoxy) is 1. The summed E-state index contributed by atoms with van der Waals surface area (Å²) in [6.45, 7) is 1.74. The molecular formula is C16H14N2O10. The van der Waals surface area contributed by atoms with Gasteiger partial charge in [-0.15, -0.1) is 0 Å². The number of carboxylic acids is 1. The Kier molecular flexibility index (Phi) is 7.38. The first-order chi connectivity index (χ1) is 13.1. The van der Waals surface area contributed by atoms with Gasteiger partial charge in [0, 0.05) is 24.3 Å². The van der Waals surface area contributed by atoms with Gasteiger partial charge in [0.2, 0.25) is 0 Å². The molecule has 0 amide bonds. The highest BCUT2D eigenvalue weighted by Gasteiger charge is 2.17. The summed E-state index contributed by atoms with van der Waals surface area (Å²) in [5.41, 5.74) is -1.31. The molecule has 28 heavy (non-hydrogen) atoms. The topological polar surface area (TPSA) is 190 Å². The molecule has 0 aliphatic rings. The number of phenolic OH excluding ortho intramolecular Hbond substituents is 1. The van der Waals surface area contributed by atoms with E-state index in [9.17, 15) is 34.9 Å². The van der Waals surface area contributed by atoms with E-state index in [-0.39, 0.29) is 29.3 Å². The van der Waals surface area contributed by atoms with Gasteiger partial charge >= 0.3 is 11.9 Å². The van der Waals surface area contributed by atoms with E-state index in [1.54, 1.807) is 6.92 Å². The Morgan fingerprint density at radius 1 is 0.929 bits per heavy atom. The van der Waals surface area contributed by atoms with Gasteiger partial charge < -0.3 is 20.1 Å². The summed E-state index contributed by atoms with van der Waals surface area (Å²) in [6, 6.07) is 5.98. The molecule has 0 heterocycles. The summed E-state index contributed by atoms with van der Waals surface area (Å²) in [6.07, 6.45) is 0. The largest absolute Gasteiger partial charge is 0.507 e. The van der Waals surface area contributed by atoms with Crippen LogP contribution < -0.4 is 0 Å². The molecular weight excluding hydrogens is 380 g/mol. The minimum absolute atomic E-state index is 0.140. The van der Waals surface area contributed by atoms with Crippen LogP contribution in [0.2, 0.25) is 0 Å². The molecule has 3 N–H and O–H groups in total. The smallest absolute Gasteiger partial charge is 0.342 e. The summed E-state index contributed by atoms with van der Waals surface area (Å²) in [5.74, 6) is -3.00. The third-order valence-electron chi connectivity index (χ3n) is 3.11. The van der Waals surface area contributed by atoms with Crippen LogP contribution >= 0.6 is 0 Å². The van der Waals surface area contributed by atoms with E-state index in [1.807, 2.05) is 0 Å². The first-order valence-corrected chi connectivity index (χ1v) is 7.43. The van der Waals surface area contributed by atoms with Crippen molar-refractivity contribution in [2.24, 2.45) is 0 Å². The number of hydrogen-bond acceptors (Lipinski definition) is 9. The van der Waals surface area contributed by atoms with Crippen LogP contribution in [-0.2, 0) is 4.74 Å². The fraction of sp³-hybridized carbons (Fsp3) is 0.125. The minimum Gasteiger partial charge on any atom is -0.507 e. The highest BCUT2D eigenvalue weighted by Crippen LogP contribution is 2.24. The van der Waals surface area contributed by atoms with Gasteiger partial charge in [0.05, 0.1) is 16.5 Å². The Labute approximate surface area is 156 Å². The lowest BCUT2D eigenvalue weighted by molar-refractivity contribution is -0.385. The van der Waals surface area contributed by atoms with E-state index in [4.69, 9.17) is 10.2 Å². The third-order valence-corrected chi connectivity index (χ3v) is 3.11. The van der Waals surface area contributed by atoms with E-state index in [0.29, 0.717) is 0 Å². The predicted octanol–water partition coefficient (Wildman–Crippen LogP) is 2.48. The number of benzene rings is 2. The van der Waals surface area contributed by atoms with Crippen LogP contribution in [0.15, 0.2) is 36.4 Å². The number of carbonyl (C=O) groups excluding carboxylic acids is 1. The molecule has 2 aromatic carbocycles. The van der Waals surface area contributed by atoms with Gasteiger partial charge in [-0.2, -0.15) is 0 Å². The van der Waals surface area contributed by atoms with Crippen molar-refractivity contribution >= 4 is 23.3 Å². The molecule has 12 nitrogen and oxygen atoms in total. The minimum atomic E-state index is -1.40. The SMILES string of the molecule is CCOC(=O)c1cc([N+](=O)[O-])ccc1O.O=C(O)c1cc([N+](=O)[O-])ccc1O. The normalized spacial score (nSPS) is 9.61. The highest BCUT2D eigenvalue weighted by atomic mass is 16.6. The second kappa shape index (κ2) is 9.47. The first-order valence-electron chi connectivity index (χ1n) is 7.43. The van der Waals surface area contributed by atoms with Crippen LogP contribution in [-0.4, -0.2) is 43.7 Å². The first kappa shape index (κ1) is 21.8. The van der Waals surface area contributed by atoms with Crippen molar-refractivity contribution in [2.75, 3.05) is 6.61 Å². The van der Waals surface area contributed by atoms with Gasteiger partial charge in [-0.3, -0.25) is 20.2 Å². The van der Waals surface area contributed by atoms with Crippen molar-refractivity contribution in [1.82, 2.24) is 0 Å². The Bertz CT molecular complexity index is 926. The lowest BCUT2D eigenvalue weighted by atomic mass is 10.2. The zero-order valence-electron chi connectivity index (χ0n) is 14.3. The number of nitrogens with zero attached hydrogens (tertiary/aromatic N) is 2. The molecule has 2 aromatic rings. The Morgan fingerprint density at radius 3 is 1.75 bits per heavy atom.